The number of benzene rings is 17. The molecule has 114 heavy (non-hydrogen) atoms. The van der Waals surface area contributed by atoms with Crippen LogP contribution in [0.2, 0.25) is 0 Å². The molecule has 0 radical (unpaired) electrons. The number of hydrogen-bond donors (Lipinski definition) is 0. The lowest BCUT2D eigenvalue weighted by atomic mass is 9.82. The molecule has 0 atom stereocenters. The van der Waals surface area contributed by atoms with E-state index in [9.17, 15) is 0 Å². The van der Waals surface area contributed by atoms with Crippen molar-refractivity contribution in [3.05, 3.63) is 419 Å². The quantitative estimate of drug-likeness (QED) is 0.102. The highest BCUT2D eigenvalue weighted by molar-refractivity contribution is 6.31. The van der Waals surface area contributed by atoms with Crippen LogP contribution in [0.5, 0.6) is 0 Å². The minimum Gasteiger partial charge on any atom is -0.309 e. The summed E-state index contributed by atoms with van der Waals surface area (Å²) in [5.74, 6) is 0. The first-order chi connectivity index (χ1) is 56.6. The lowest BCUT2D eigenvalue weighted by molar-refractivity contribution is 1.21. The molecular formula is C109H69N5. The van der Waals surface area contributed by atoms with Gasteiger partial charge in [-0.25, -0.2) is 0 Å². The molecule has 3 aromatic heterocycles. The van der Waals surface area contributed by atoms with E-state index in [2.05, 4.69) is 397 Å². The van der Waals surface area contributed by atoms with Gasteiger partial charge in [-0.05, 0) is 256 Å². The SMILES string of the molecule is c1ccc(-c2ccc(N(c3ccc(-c4ccc5c(-c6ccccc6)c6c(c(-c7ccccc7)c5c4)-c4cccc5c(-c7cccc(N(c8ccccc8)c8ccc(-c9ccccn9)nc8)c7)ccc-6c45)cc3)c3cccc(-c4ccc5c6c(cccc46)-c4c-5c(-c5ccccc5)c5ccccc5c4-c4ccccc4)c3)cn2)cc1. The van der Waals surface area contributed by atoms with Gasteiger partial charge in [0.25, 0.3) is 0 Å². The first-order valence-electron chi connectivity index (χ1n) is 39.0. The molecule has 0 amide bonds. The van der Waals surface area contributed by atoms with Crippen LogP contribution in [-0.2, 0) is 0 Å². The molecule has 0 aliphatic heterocycles. The van der Waals surface area contributed by atoms with Gasteiger partial charge in [0, 0.05) is 34.5 Å². The number of pyridine rings is 3. The Kier molecular flexibility index (Phi) is 15.9. The zero-order valence-corrected chi connectivity index (χ0v) is 62.1. The van der Waals surface area contributed by atoms with Gasteiger partial charge in [-0.2, -0.15) is 0 Å². The summed E-state index contributed by atoms with van der Waals surface area (Å²) >= 11 is 0. The molecule has 5 nitrogen and oxygen atoms in total. The minimum atomic E-state index is 0.824. The fourth-order valence-corrected chi connectivity index (χ4v) is 18.3. The van der Waals surface area contributed by atoms with E-state index >= 15 is 0 Å². The predicted molar refractivity (Wildman–Crippen MR) is 477 cm³/mol. The third kappa shape index (κ3) is 11.0. The van der Waals surface area contributed by atoms with Gasteiger partial charge in [0.1, 0.15) is 0 Å². The van der Waals surface area contributed by atoms with Gasteiger partial charge in [0.2, 0.25) is 0 Å². The van der Waals surface area contributed by atoms with E-state index in [1.807, 2.05) is 36.8 Å². The molecule has 22 rings (SSSR count). The molecule has 530 valence electrons. The van der Waals surface area contributed by atoms with Crippen LogP contribution >= 0.6 is 0 Å². The van der Waals surface area contributed by atoms with Crippen molar-refractivity contribution in [1.82, 2.24) is 15.0 Å². The topological polar surface area (TPSA) is 45.2 Å². The maximum Gasteiger partial charge on any atom is 0.0887 e. The predicted octanol–water partition coefficient (Wildman–Crippen LogP) is 29.7. The third-order valence-electron chi connectivity index (χ3n) is 23.2. The Labute approximate surface area is 661 Å². The van der Waals surface area contributed by atoms with Crippen LogP contribution < -0.4 is 9.80 Å². The van der Waals surface area contributed by atoms with Gasteiger partial charge in [0.15, 0.2) is 0 Å². The number of hydrogen-bond acceptors (Lipinski definition) is 5. The van der Waals surface area contributed by atoms with Crippen molar-refractivity contribution in [1.29, 1.82) is 0 Å². The molecule has 0 spiro atoms. The second-order valence-electron chi connectivity index (χ2n) is 29.6. The third-order valence-corrected chi connectivity index (χ3v) is 23.2. The van der Waals surface area contributed by atoms with E-state index in [1.165, 1.54) is 143 Å². The summed E-state index contributed by atoms with van der Waals surface area (Å²) in [5, 5.41) is 9.84. The van der Waals surface area contributed by atoms with Gasteiger partial charge >= 0.3 is 0 Å². The van der Waals surface area contributed by atoms with E-state index in [-0.39, 0.29) is 0 Å². The van der Waals surface area contributed by atoms with Crippen LogP contribution in [0.15, 0.2) is 419 Å². The highest BCUT2D eigenvalue weighted by Gasteiger charge is 2.34. The number of aromatic nitrogens is 3. The van der Waals surface area contributed by atoms with Crippen LogP contribution in [0.3, 0.4) is 0 Å². The monoisotopic (exact) mass is 1450 g/mol. The molecule has 0 unspecified atom stereocenters. The van der Waals surface area contributed by atoms with Gasteiger partial charge in [0.05, 0.1) is 40.9 Å². The molecule has 3 heterocycles. The summed E-state index contributed by atoms with van der Waals surface area (Å²) in [4.78, 5) is 19.4. The Bertz CT molecular complexity index is 7050. The number of anilines is 6. The molecule has 0 fully saturated rings. The largest absolute Gasteiger partial charge is 0.309 e. The summed E-state index contributed by atoms with van der Waals surface area (Å²) in [7, 11) is 0. The summed E-state index contributed by atoms with van der Waals surface area (Å²) in [6.07, 6.45) is 5.79. The van der Waals surface area contributed by atoms with E-state index < -0.39 is 0 Å². The van der Waals surface area contributed by atoms with Gasteiger partial charge < -0.3 is 9.80 Å². The van der Waals surface area contributed by atoms with Crippen LogP contribution in [0.25, 0.3) is 188 Å². The standard InChI is InChI=1S/C109H69N5/c1-7-27-71(28-8-1)97-62-55-83(68-111-97)114(82-42-24-38-78(66-82)86-58-60-94-104-87(86)45-25-47-92(104)106-100(72-29-9-2-10-30-72)89-43-19-20-44-90(89)101(108(94)106)73-31-11-3-12-32-73)80-53-50-70(51-54-80)76-52-57-91-96(67-76)103(75-35-15-5-16-36-75)107-93-48-26-46-88-85(59-61-95(105(88)93)109(107)102(91)74-33-13-4-14-34-74)77-37-23-41-81(65-77)113(79-39-17-6-18-40-79)84-56-63-99(112-69-84)98-49-21-22-64-110-98/h1-69H. The van der Waals surface area contributed by atoms with E-state index in [0.29, 0.717) is 0 Å². The Morgan fingerprint density at radius 2 is 0.500 bits per heavy atom. The second-order valence-corrected chi connectivity index (χ2v) is 29.6. The molecule has 5 heteroatoms. The number of nitrogens with zero attached hydrogens (tertiary/aromatic N) is 5. The van der Waals surface area contributed by atoms with Crippen molar-refractivity contribution < 1.29 is 0 Å². The lowest BCUT2D eigenvalue weighted by Crippen LogP contribution is -2.10. The molecule has 0 N–H and O–H groups in total. The molecule has 2 aliphatic rings. The van der Waals surface area contributed by atoms with Gasteiger partial charge in [-0.15, -0.1) is 0 Å². The lowest BCUT2D eigenvalue weighted by Gasteiger charge is -2.26. The fourth-order valence-electron chi connectivity index (χ4n) is 18.3. The zero-order chi connectivity index (χ0) is 75.2. The Morgan fingerprint density at radius 3 is 0.956 bits per heavy atom. The Hall–Kier alpha value is -15.2. The Morgan fingerprint density at radius 1 is 0.158 bits per heavy atom. The molecule has 0 saturated heterocycles. The van der Waals surface area contributed by atoms with Crippen molar-refractivity contribution in [3.63, 3.8) is 0 Å². The average Bonchev–Trinajstić information content (AvgIpc) is 1.56. The zero-order valence-electron chi connectivity index (χ0n) is 62.1. The van der Waals surface area contributed by atoms with E-state index in [4.69, 9.17) is 9.97 Å². The molecular weight excluding hydrogens is 1380 g/mol. The van der Waals surface area contributed by atoms with E-state index in [0.717, 1.165) is 79.0 Å². The highest BCUT2D eigenvalue weighted by Crippen LogP contribution is 2.61. The van der Waals surface area contributed by atoms with Crippen LogP contribution in [0.4, 0.5) is 34.1 Å². The first kappa shape index (κ1) is 65.9. The van der Waals surface area contributed by atoms with Crippen LogP contribution in [0, 0.1) is 0 Å². The smallest absolute Gasteiger partial charge is 0.0887 e. The summed E-state index contributed by atoms with van der Waals surface area (Å²) in [5.41, 5.74) is 36.3. The second kappa shape index (κ2) is 27.4. The van der Waals surface area contributed by atoms with Gasteiger partial charge in [-0.3, -0.25) is 15.0 Å². The van der Waals surface area contributed by atoms with E-state index in [1.54, 1.807) is 0 Å². The molecule has 20 aromatic rings. The van der Waals surface area contributed by atoms with Crippen LogP contribution in [0.1, 0.15) is 0 Å². The van der Waals surface area contributed by atoms with Crippen LogP contribution in [-0.4, -0.2) is 15.0 Å². The molecule has 2 aliphatic carbocycles. The van der Waals surface area contributed by atoms with Crippen molar-refractivity contribution in [2.45, 2.75) is 0 Å². The summed E-state index contributed by atoms with van der Waals surface area (Å²) in [6.45, 7) is 0. The molecule has 17 aromatic carbocycles. The number of para-hydroxylation sites is 1. The highest BCUT2D eigenvalue weighted by atomic mass is 15.2. The normalized spacial score (nSPS) is 11.7. The van der Waals surface area contributed by atoms with Gasteiger partial charge in [-0.1, -0.05) is 309 Å². The minimum absolute atomic E-state index is 0.824. The fraction of sp³-hybridized carbons (Fsp3) is 0. The van der Waals surface area contributed by atoms with Crippen molar-refractivity contribution in [2.75, 3.05) is 9.80 Å². The maximum atomic E-state index is 5.18. The number of rotatable bonds is 15. The maximum absolute atomic E-state index is 5.18. The molecule has 0 saturated carbocycles. The first-order valence-corrected chi connectivity index (χ1v) is 39.0. The van der Waals surface area contributed by atoms with Crippen molar-refractivity contribution in [3.8, 4) is 145 Å². The van der Waals surface area contributed by atoms with Crippen molar-refractivity contribution in [2.24, 2.45) is 0 Å². The summed E-state index contributed by atoms with van der Waals surface area (Å²) < 4.78 is 0. The van der Waals surface area contributed by atoms with Crippen molar-refractivity contribution >= 4 is 77.2 Å². The summed E-state index contributed by atoms with van der Waals surface area (Å²) in [6, 6.07) is 146. The molecule has 0 bridgehead atoms. The average molecular weight is 1450 g/mol. The number of fused-ring (bicyclic) bond motifs is 8. The Balaban J connectivity index is 0.669.